The average molecular weight is 404 g/mol. The molecule has 1 unspecified atom stereocenters. The second-order valence-electron chi connectivity index (χ2n) is 7.61. The van der Waals surface area contributed by atoms with Crippen LogP contribution in [-0.4, -0.2) is 16.9 Å². The van der Waals surface area contributed by atoms with Gasteiger partial charge in [-0.15, -0.1) is 0 Å². The summed E-state index contributed by atoms with van der Waals surface area (Å²) >= 11 is 0. The Hall–Kier alpha value is -4.05. The van der Waals surface area contributed by atoms with Gasteiger partial charge in [0.05, 0.1) is 0 Å². The van der Waals surface area contributed by atoms with Gasteiger partial charge in [-0.2, -0.15) is 4.57 Å². The first kappa shape index (κ1) is 18.9. The molecule has 0 fully saturated rings. The molecule has 0 aliphatic carbocycles. The van der Waals surface area contributed by atoms with Crippen molar-refractivity contribution >= 4 is 23.9 Å². The highest BCUT2D eigenvalue weighted by molar-refractivity contribution is 5.82. The van der Waals surface area contributed by atoms with Crippen LogP contribution in [-0.2, 0) is 6.42 Å². The van der Waals surface area contributed by atoms with Crippen LogP contribution in [0.3, 0.4) is 0 Å². The van der Waals surface area contributed by atoms with Gasteiger partial charge in [0.15, 0.2) is 6.04 Å². The van der Waals surface area contributed by atoms with Crippen molar-refractivity contribution in [1.29, 1.82) is 0 Å². The summed E-state index contributed by atoms with van der Waals surface area (Å²) in [4.78, 5) is 17.3. The zero-order chi connectivity index (χ0) is 21.0. The fraction of sp³-hybridized carbons (Fsp3) is 0.0741. The topological polar surface area (TPSA) is 45.9 Å². The first-order chi connectivity index (χ1) is 15.3. The van der Waals surface area contributed by atoms with Gasteiger partial charge >= 0.3 is 11.7 Å². The van der Waals surface area contributed by atoms with Crippen molar-refractivity contribution < 1.29 is 9.36 Å². The highest BCUT2D eigenvalue weighted by Gasteiger charge is 2.38. The first-order valence-corrected chi connectivity index (χ1v) is 10.4. The Labute approximate surface area is 181 Å². The number of carbonyl (C=O) groups is 1. The predicted molar refractivity (Wildman–Crippen MR) is 123 cm³/mol. The lowest BCUT2D eigenvalue weighted by atomic mass is 10.0. The second-order valence-corrected chi connectivity index (χ2v) is 7.61. The summed E-state index contributed by atoms with van der Waals surface area (Å²) in [6, 6.07) is 28.5. The maximum atomic E-state index is 12.8. The van der Waals surface area contributed by atoms with Crippen LogP contribution in [0.2, 0.25) is 0 Å². The molecule has 4 aromatic rings. The average Bonchev–Trinajstić information content (AvgIpc) is 3.14. The van der Waals surface area contributed by atoms with Crippen molar-refractivity contribution in [2.24, 2.45) is 0 Å². The smallest absolute Gasteiger partial charge is 0.258 e. The van der Waals surface area contributed by atoms with Crippen LogP contribution in [0.1, 0.15) is 21.6 Å². The molecular formula is C27H22N3O+. The van der Waals surface area contributed by atoms with E-state index in [1.165, 1.54) is 11.1 Å². The monoisotopic (exact) mass is 404 g/mol. The summed E-state index contributed by atoms with van der Waals surface area (Å²) in [6.07, 6.45) is 8.12. The molecule has 0 amide bonds. The number of hydrogen-bond acceptors (Lipinski definition) is 3. The zero-order valence-electron chi connectivity index (χ0n) is 17.0. The summed E-state index contributed by atoms with van der Waals surface area (Å²) in [5.74, 6) is 0.776. The van der Waals surface area contributed by atoms with E-state index >= 15 is 0 Å². The van der Waals surface area contributed by atoms with Gasteiger partial charge in [0.25, 0.3) is 0 Å². The van der Waals surface area contributed by atoms with Crippen molar-refractivity contribution in [3.8, 4) is 11.1 Å². The molecule has 1 atom stereocenters. The highest BCUT2D eigenvalue weighted by atomic mass is 16.2. The number of anilines is 1. The van der Waals surface area contributed by atoms with Crippen LogP contribution in [0, 0.1) is 0 Å². The summed E-state index contributed by atoms with van der Waals surface area (Å²) in [6.45, 7) is 0. The SMILES string of the molecule is O=C1C(Cc2ccccc2)Nc2cnc(C=Cc3ccc(-c4ccccc4)cc3)c[n+]21. The van der Waals surface area contributed by atoms with Crippen molar-refractivity contribution in [3.05, 3.63) is 114 Å². The van der Waals surface area contributed by atoms with E-state index in [-0.39, 0.29) is 11.9 Å². The van der Waals surface area contributed by atoms with E-state index < -0.39 is 0 Å². The normalized spacial score (nSPS) is 15.1. The van der Waals surface area contributed by atoms with Crippen molar-refractivity contribution in [3.63, 3.8) is 0 Å². The molecule has 0 saturated heterocycles. The molecule has 3 aromatic carbocycles. The maximum Gasteiger partial charge on any atom is 0.359 e. The number of nitrogens with zero attached hydrogens (tertiary/aromatic N) is 2. The fourth-order valence-electron chi connectivity index (χ4n) is 3.80. The number of hydrogen-bond donors (Lipinski definition) is 1. The molecule has 1 aliphatic heterocycles. The highest BCUT2D eigenvalue weighted by Crippen LogP contribution is 2.20. The van der Waals surface area contributed by atoms with Crippen LogP contribution in [0.4, 0.5) is 5.82 Å². The molecule has 0 saturated carbocycles. The molecule has 0 bridgehead atoms. The van der Waals surface area contributed by atoms with Crippen molar-refractivity contribution in [1.82, 2.24) is 4.98 Å². The van der Waals surface area contributed by atoms with E-state index in [1.54, 1.807) is 17.0 Å². The fourth-order valence-corrected chi connectivity index (χ4v) is 3.80. The first-order valence-electron chi connectivity index (χ1n) is 10.4. The van der Waals surface area contributed by atoms with Gasteiger partial charge in [-0.3, -0.25) is 5.32 Å². The standard InChI is InChI=1S/C27H21N3O/c31-27-25(17-21-7-3-1-4-8-21)29-26-18-28-24(19-30(26)27)16-13-20-11-14-23(15-12-20)22-9-5-2-6-10-22/h1-16,18-19,25H,17H2/p+1. The minimum absolute atomic E-state index is 0.0446. The van der Waals surface area contributed by atoms with Crippen LogP contribution in [0.25, 0.3) is 23.3 Å². The molecule has 4 heteroatoms. The maximum absolute atomic E-state index is 12.8. The van der Waals surface area contributed by atoms with Gasteiger partial charge < -0.3 is 0 Å². The third kappa shape index (κ3) is 4.14. The van der Waals surface area contributed by atoms with Gasteiger partial charge in [0.1, 0.15) is 18.1 Å². The van der Waals surface area contributed by atoms with Gasteiger partial charge in [-0.1, -0.05) is 91.0 Å². The second kappa shape index (κ2) is 8.36. The minimum atomic E-state index is -0.269. The third-order valence-electron chi connectivity index (χ3n) is 5.46. The summed E-state index contributed by atoms with van der Waals surface area (Å²) in [7, 11) is 0. The Bertz CT molecular complexity index is 1230. The van der Waals surface area contributed by atoms with E-state index in [1.807, 2.05) is 60.7 Å². The number of fused-ring (bicyclic) bond motifs is 1. The van der Waals surface area contributed by atoms with Gasteiger partial charge in [-0.25, -0.2) is 9.78 Å². The molecule has 0 spiro atoms. The van der Waals surface area contributed by atoms with Crippen molar-refractivity contribution in [2.75, 3.05) is 5.32 Å². The molecule has 1 N–H and O–H groups in total. The molecule has 4 nitrogen and oxygen atoms in total. The Morgan fingerprint density at radius 2 is 1.52 bits per heavy atom. The van der Waals surface area contributed by atoms with Gasteiger partial charge in [0.2, 0.25) is 0 Å². The van der Waals surface area contributed by atoms with E-state index in [0.29, 0.717) is 6.42 Å². The Kier molecular flexibility index (Phi) is 5.11. The molecule has 150 valence electrons. The minimum Gasteiger partial charge on any atom is -0.258 e. The lowest BCUT2D eigenvalue weighted by Crippen LogP contribution is -2.43. The number of benzene rings is 3. The quantitative estimate of drug-likeness (QED) is 0.482. The summed E-state index contributed by atoms with van der Waals surface area (Å²) < 4.78 is 1.67. The van der Waals surface area contributed by atoms with Gasteiger partial charge in [-0.05, 0) is 28.3 Å². The molecule has 31 heavy (non-hydrogen) atoms. The van der Waals surface area contributed by atoms with Crippen LogP contribution in [0.15, 0.2) is 97.3 Å². The lowest BCUT2D eigenvalue weighted by Gasteiger charge is -2.02. The van der Waals surface area contributed by atoms with Crippen LogP contribution < -0.4 is 9.88 Å². The molecule has 2 heterocycles. The Balaban J connectivity index is 1.30. The van der Waals surface area contributed by atoms with E-state index in [2.05, 4.69) is 46.7 Å². The van der Waals surface area contributed by atoms with Crippen molar-refractivity contribution in [2.45, 2.75) is 12.5 Å². The number of carbonyl (C=O) groups excluding carboxylic acids is 1. The molecule has 1 aliphatic rings. The zero-order valence-corrected chi connectivity index (χ0v) is 17.0. The molecule has 1 aromatic heterocycles. The van der Waals surface area contributed by atoms with Crippen LogP contribution in [0.5, 0.6) is 0 Å². The largest absolute Gasteiger partial charge is 0.359 e. The van der Waals surface area contributed by atoms with Gasteiger partial charge in [0, 0.05) is 6.42 Å². The third-order valence-corrected chi connectivity index (χ3v) is 5.46. The number of rotatable bonds is 5. The lowest BCUT2D eigenvalue weighted by molar-refractivity contribution is -0.553. The molecule has 0 radical (unpaired) electrons. The number of nitrogens with one attached hydrogen (secondary N) is 1. The Morgan fingerprint density at radius 3 is 2.26 bits per heavy atom. The van der Waals surface area contributed by atoms with E-state index in [0.717, 1.165) is 22.6 Å². The molecule has 5 rings (SSSR count). The van der Waals surface area contributed by atoms with Crippen LogP contribution >= 0.6 is 0 Å². The van der Waals surface area contributed by atoms with E-state index in [9.17, 15) is 4.79 Å². The predicted octanol–water partition coefficient (Wildman–Crippen LogP) is 4.88. The summed E-state index contributed by atoms with van der Waals surface area (Å²) in [5, 5.41) is 3.28. The number of aromatic nitrogens is 2. The van der Waals surface area contributed by atoms with E-state index in [4.69, 9.17) is 0 Å². The summed E-state index contributed by atoms with van der Waals surface area (Å²) in [5.41, 5.74) is 5.34. The molecular weight excluding hydrogens is 382 g/mol. The Morgan fingerprint density at radius 1 is 0.839 bits per heavy atom.